The number of nitrogens with zero attached hydrogens (tertiary/aromatic N) is 1. The molecule has 0 atom stereocenters. The number of sulfonamides is 1. The number of carbonyl (C=O) groups excluding carboxylic acids is 1. The standard InChI is InChI=1S/C21H24N2O4S/c24-21(22-15-16-7-8-17-3-1-4-18(17)13-16)19-5-2-6-20(14-19)28(25,26)23-9-11-27-12-10-23/h2,5-8,13-14H,1,3-4,9-12,15H2,(H,22,24). The highest BCUT2D eigenvalue weighted by atomic mass is 32.2. The first kappa shape index (κ1) is 19.1. The smallest absolute Gasteiger partial charge is 0.251 e. The van der Waals surface area contributed by atoms with Crippen molar-refractivity contribution in [1.29, 1.82) is 0 Å². The van der Waals surface area contributed by atoms with E-state index < -0.39 is 10.0 Å². The quantitative estimate of drug-likeness (QED) is 0.834. The van der Waals surface area contributed by atoms with E-state index in [1.165, 1.54) is 34.0 Å². The average molecular weight is 401 g/mol. The third-order valence-corrected chi connectivity index (χ3v) is 7.21. The molecule has 1 saturated heterocycles. The molecular weight excluding hydrogens is 376 g/mol. The van der Waals surface area contributed by atoms with E-state index >= 15 is 0 Å². The maximum absolute atomic E-state index is 12.8. The van der Waals surface area contributed by atoms with Gasteiger partial charge < -0.3 is 10.1 Å². The number of ether oxygens (including phenoxy) is 1. The van der Waals surface area contributed by atoms with Gasteiger partial charge in [0.1, 0.15) is 0 Å². The van der Waals surface area contributed by atoms with E-state index in [1.54, 1.807) is 12.1 Å². The molecule has 1 amide bonds. The normalized spacial score (nSPS) is 17.3. The number of carbonyl (C=O) groups is 1. The van der Waals surface area contributed by atoms with E-state index in [-0.39, 0.29) is 10.8 Å². The van der Waals surface area contributed by atoms with Crippen molar-refractivity contribution in [3.63, 3.8) is 0 Å². The molecule has 148 valence electrons. The summed E-state index contributed by atoms with van der Waals surface area (Å²) in [6.07, 6.45) is 3.42. The summed E-state index contributed by atoms with van der Waals surface area (Å²) in [4.78, 5) is 12.7. The number of morpholine rings is 1. The Labute approximate surface area is 165 Å². The number of hydrogen-bond donors (Lipinski definition) is 1. The lowest BCUT2D eigenvalue weighted by Gasteiger charge is -2.26. The molecule has 2 aliphatic rings. The largest absolute Gasteiger partial charge is 0.379 e. The number of aryl methyl sites for hydroxylation is 2. The first-order chi connectivity index (χ1) is 13.5. The molecule has 1 heterocycles. The molecule has 1 fully saturated rings. The molecule has 0 bridgehead atoms. The van der Waals surface area contributed by atoms with Crippen LogP contribution in [0.3, 0.4) is 0 Å². The van der Waals surface area contributed by atoms with Gasteiger partial charge in [-0.05, 0) is 54.2 Å². The molecule has 6 nitrogen and oxygen atoms in total. The third-order valence-electron chi connectivity index (χ3n) is 5.32. The van der Waals surface area contributed by atoms with Gasteiger partial charge in [0.05, 0.1) is 18.1 Å². The van der Waals surface area contributed by atoms with Crippen LogP contribution in [0.4, 0.5) is 0 Å². The van der Waals surface area contributed by atoms with Crippen molar-refractivity contribution in [2.45, 2.75) is 30.7 Å². The number of hydrogen-bond acceptors (Lipinski definition) is 4. The Bertz CT molecular complexity index is 982. The fourth-order valence-corrected chi connectivity index (χ4v) is 5.21. The first-order valence-corrected chi connectivity index (χ1v) is 11.0. The second-order valence-electron chi connectivity index (χ2n) is 7.18. The second kappa shape index (κ2) is 8.03. The topological polar surface area (TPSA) is 75.7 Å². The average Bonchev–Trinajstić information content (AvgIpc) is 3.20. The van der Waals surface area contributed by atoms with Crippen molar-refractivity contribution in [2.75, 3.05) is 26.3 Å². The Hall–Kier alpha value is -2.22. The summed E-state index contributed by atoms with van der Waals surface area (Å²) in [7, 11) is -3.62. The zero-order valence-electron chi connectivity index (χ0n) is 15.7. The van der Waals surface area contributed by atoms with Crippen molar-refractivity contribution in [1.82, 2.24) is 9.62 Å². The molecule has 0 radical (unpaired) electrons. The van der Waals surface area contributed by atoms with Gasteiger partial charge >= 0.3 is 0 Å². The van der Waals surface area contributed by atoms with Crippen molar-refractivity contribution in [2.24, 2.45) is 0 Å². The summed E-state index contributed by atoms with van der Waals surface area (Å²) in [6.45, 7) is 1.86. The summed E-state index contributed by atoms with van der Waals surface area (Å²) >= 11 is 0. The van der Waals surface area contributed by atoms with Gasteiger partial charge in [0, 0.05) is 25.2 Å². The highest BCUT2D eigenvalue weighted by Gasteiger charge is 2.26. The molecule has 2 aromatic rings. The van der Waals surface area contributed by atoms with Crippen molar-refractivity contribution in [3.8, 4) is 0 Å². The summed E-state index contributed by atoms with van der Waals surface area (Å²) in [6, 6.07) is 12.6. The van der Waals surface area contributed by atoms with Crippen LogP contribution in [-0.2, 0) is 34.1 Å². The van der Waals surface area contributed by atoms with E-state index in [0.29, 0.717) is 38.4 Å². The molecule has 7 heteroatoms. The lowest BCUT2D eigenvalue weighted by molar-refractivity contribution is 0.0730. The number of amides is 1. The maximum Gasteiger partial charge on any atom is 0.251 e. The van der Waals surface area contributed by atoms with Crippen LogP contribution < -0.4 is 5.32 Å². The Morgan fingerprint density at radius 1 is 1.04 bits per heavy atom. The third kappa shape index (κ3) is 3.97. The van der Waals surface area contributed by atoms with Gasteiger partial charge in [-0.25, -0.2) is 8.42 Å². The van der Waals surface area contributed by atoms with Gasteiger partial charge in [0.15, 0.2) is 0 Å². The SMILES string of the molecule is O=C(NCc1ccc2c(c1)CCC2)c1cccc(S(=O)(=O)N2CCOCC2)c1. The summed E-state index contributed by atoms with van der Waals surface area (Å²) in [5.41, 5.74) is 4.17. The number of nitrogens with one attached hydrogen (secondary N) is 1. The van der Waals surface area contributed by atoms with E-state index in [2.05, 4.69) is 17.4 Å². The van der Waals surface area contributed by atoms with Crippen molar-refractivity contribution < 1.29 is 17.9 Å². The fourth-order valence-electron chi connectivity index (χ4n) is 3.75. The van der Waals surface area contributed by atoms with E-state index in [0.717, 1.165) is 18.4 Å². The van der Waals surface area contributed by atoms with Crippen LogP contribution in [0.2, 0.25) is 0 Å². The zero-order valence-corrected chi connectivity index (χ0v) is 16.5. The van der Waals surface area contributed by atoms with E-state index in [4.69, 9.17) is 4.74 Å². The first-order valence-electron chi connectivity index (χ1n) is 9.61. The van der Waals surface area contributed by atoms with Crippen LogP contribution >= 0.6 is 0 Å². The van der Waals surface area contributed by atoms with Crippen molar-refractivity contribution in [3.05, 3.63) is 64.7 Å². The second-order valence-corrected chi connectivity index (χ2v) is 9.12. The number of rotatable bonds is 5. The lowest BCUT2D eigenvalue weighted by atomic mass is 10.1. The van der Waals surface area contributed by atoms with Crippen LogP contribution in [0.15, 0.2) is 47.4 Å². The van der Waals surface area contributed by atoms with Crippen LogP contribution in [0, 0.1) is 0 Å². The predicted octanol–water partition coefficient (Wildman–Crippen LogP) is 2.13. The monoisotopic (exact) mass is 400 g/mol. The van der Waals surface area contributed by atoms with E-state index in [9.17, 15) is 13.2 Å². The Morgan fingerprint density at radius 3 is 2.64 bits per heavy atom. The summed E-state index contributed by atoms with van der Waals surface area (Å²) < 4.78 is 32.2. The summed E-state index contributed by atoms with van der Waals surface area (Å²) in [5.74, 6) is -0.278. The zero-order chi connectivity index (χ0) is 19.6. The minimum absolute atomic E-state index is 0.139. The fraction of sp³-hybridized carbons (Fsp3) is 0.381. The minimum Gasteiger partial charge on any atom is -0.379 e. The van der Waals surface area contributed by atoms with Gasteiger partial charge in [0.25, 0.3) is 5.91 Å². The Morgan fingerprint density at radius 2 is 1.82 bits per heavy atom. The highest BCUT2D eigenvalue weighted by molar-refractivity contribution is 7.89. The predicted molar refractivity (Wildman–Crippen MR) is 106 cm³/mol. The molecule has 0 saturated carbocycles. The number of benzene rings is 2. The van der Waals surface area contributed by atoms with Gasteiger partial charge in [-0.3, -0.25) is 4.79 Å². The maximum atomic E-state index is 12.8. The van der Waals surface area contributed by atoms with Crippen LogP contribution in [-0.4, -0.2) is 44.9 Å². The molecule has 0 aromatic heterocycles. The summed E-state index contributed by atoms with van der Waals surface area (Å²) in [5, 5.41) is 2.90. The molecule has 0 spiro atoms. The Kier molecular flexibility index (Phi) is 5.48. The van der Waals surface area contributed by atoms with Crippen molar-refractivity contribution >= 4 is 15.9 Å². The highest BCUT2D eigenvalue weighted by Crippen LogP contribution is 2.23. The van der Waals surface area contributed by atoms with Crippen LogP contribution in [0.5, 0.6) is 0 Å². The van der Waals surface area contributed by atoms with Gasteiger partial charge in [-0.1, -0.05) is 24.3 Å². The lowest BCUT2D eigenvalue weighted by Crippen LogP contribution is -2.40. The molecule has 28 heavy (non-hydrogen) atoms. The minimum atomic E-state index is -3.62. The van der Waals surface area contributed by atoms with Crippen LogP contribution in [0.25, 0.3) is 0 Å². The van der Waals surface area contributed by atoms with Gasteiger partial charge in [0.2, 0.25) is 10.0 Å². The van der Waals surface area contributed by atoms with Gasteiger partial charge in [-0.2, -0.15) is 4.31 Å². The van der Waals surface area contributed by atoms with Crippen LogP contribution in [0.1, 0.15) is 33.5 Å². The van der Waals surface area contributed by atoms with Gasteiger partial charge in [-0.15, -0.1) is 0 Å². The molecular formula is C21H24N2O4S. The molecule has 1 aliphatic carbocycles. The molecule has 2 aromatic carbocycles. The Balaban J connectivity index is 1.45. The number of fused-ring (bicyclic) bond motifs is 1. The molecule has 1 aliphatic heterocycles. The molecule has 0 unspecified atom stereocenters. The molecule has 1 N–H and O–H groups in total. The van der Waals surface area contributed by atoms with E-state index in [1.807, 2.05) is 6.07 Å². The molecule has 4 rings (SSSR count).